The van der Waals surface area contributed by atoms with Crippen LogP contribution in [0, 0.1) is 5.82 Å². The standard InChI is InChI=1S/C16H13ClFNO3S/c1-2-16(20)19(15-9-8-13(18)10-14(15)17)23(21,22)11-12-6-4-3-5-7-12/h2-10H,1,11H2. The zero-order valence-corrected chi connectivity index (χ0v) is 13.5. The van der Waals surface area contributed by atoms with Crippen molar-refractivity contribution in [1.82, 2.24) is 0 Å². The summed E-state index contributed by atoms with van der Waals surface area (Å²) in [4.78, 5) is 12.1. The average molecular weight is 354 g/mol. The second-order valence-electron chi connectivity index (χ2n) is 4.64. The lowest BCUT2D eigenvalue weighted by Crippen LogP contribution is -2.36. The summed E-state index contributed by atoms with van der Waals surface area (Å²) in [5.74, 6) is -1.90. The molecule has 0 aliphatic carbocycles. The van der Waals surface area contributed by atoms with Gasteiger partial charge in [0.2, 0.25) is 10.0 Å². The van der Waals surface area contributed by atoms with E-state index in [1.165, 1.54) is 0 Å². The molecule has 23 heavy (non-hydrogen) atoms. The van der Waals surface area contributed by atoms with Crippen molar-refractivity contribution in [2.24, 2.45) is 0 Å². The number of rotatable bonds is 5. The lowest BCUT2D eigenvalue weighted by atomic mass is 10.2. The van der Waals surface area contributed by atoms with Crippen molar-refractivity contribution in [2.75, 3.05) is 4.31 Å². The minimum atomic E-state index is -4.07. The predicted octanol–water partition coefficient (Wildman–Crippen LogP) is 3.53. The van der Waals surface area contributed by atoms with E-state index >= 15 is 0 Å². The van der Waals surface area contributed by atoms with E-state index in [-0.39, 0.29) is 10.7 Å². The Morgan fingerprint density at radius 2 is 1.87 bits per heavy atom. The summed E-state index contributed by atoms with van der Waals surface area (Å²) < 4.78 is 39.0. The van der Waals surface area contributed by atoms with Crippen molar-refractivity contribution < 1.29 is 17.6 Å². The third kappa shape index (κ3) is 3.97. The van der Waals surface area contributed by atoms with E-state index in [1.807, 2.05) is 0 Å². The normalized spacial score (nSPS) is 11.0. The number of hydrogen-bond donors (Lipinski definition) is 0. The van der Waals surface area contributed by atoms with Crippen LogP contribution < -0.4 is 4.31 Å². The van der Waals surface area contributed by atoms with Gasteiger partial charge in [-0.3, -0.25) is 4.79 Å². The summed E-state index contributed by atoms with van der Waals surface area (Å²) in [5.41, 5.74) is 0.390. The molecule has 0 aromatic heterocycles. The molecule has 2 aromatic rings. The van der Waals surface area contributed by atoms with Gasteiger partial charge in [0.1, 0.15) is 5.82 Å². The fraction of sp³-hybridized carbons (Fsp3) is 0.0625. The summed E-state index contributed by atoms with van der Waals surface area (Å²) >= 11 is 5.90. The summed E-state index contributed by atoms with van der Waals surface area (Å²) in [6, 6.07) is 11.5. The molecule has 0 unspecified atom stereocenters. The first kappa shape index (κ1) is 17.2. The van der Waals surface area contributed by atoms with Crippen molar-refractivity contribution in [1.29, 1.82) is 0 Å². The van der Waals surface area contributed by atoms with Crippen LogP contribution in [0.5, 0.6) is 0 Å². The Bertz CT molecular complexity index is 838. The highest BCUT2D eigenvalue weighted by Crippen LogP contribution is 2.30. The molecule has 0 N–H and O–H groups in total. The van der Waals surface area contributed by atoms with Crippen molar-refractivity contribution >= 4 is 33.2 Å². The third-order valence-corrected chi connectivity index (χ3v) is 4.91. The minimum Gasteiger partial charge on any atom is -0.268 e. The quantitative estimate of drug-likeness (QED) is 0.773. The molecule has 0 saturated carbocycles. The van der Waals surface area contributed by atoms with Crippen LogP contribution in [0.4, 0.5) is 10.1 Å². The van der Waals surface area contributed by atoms with Crippen LogP contribution in [0.2, 0.25) is 5.02 Å². The first-order chi connectivity index (χ1) is 10.8. The van der Waals surface area contributed by atoms with Crippen LogP contribution in [-0.4, -0.2) is 14.3 Å². The van der Waals surface area contributed by atoms with Gasteiger partial charge in [-0.05, 0) is 29.8 Å². The van der Waals surface area contributed by atoms with Gasteiger partial charge in [-0.1, -0.05) is 48.5 Å². The van der Waals surface area contributed by atoms with Crippen molar-refractivity contribution in [3.8, 4) is 0 Å². The SMILES string of the molecule is C=CC(=O)N(c1ccc(F)cc1Cl)S(=O)(=O)Cc1ccccc1. The van der Waals surface area contributed by atoms with E-state index in [1.54, 1.807) is 30.3 Å². The van der Waals surface area contributed by atoms with Crippen molar-refractivity contribution in [2.45, 2.75) is 5.75 Å². The van der Waals surface area contributed by atoms with Gasteiger partial charge in [0.05, 0.1) is 16.5 Å². The number of sulfonamides is 1. The molecule has 4 nitrogen and oxygen atoms in total. The van der Waals surface area contributed by atoms with Crippen LogP contribution >= 0.6 is 11.6 Å². The number of carbonyl (C=O) groups is 1. The number of amides is 1. The maximum Gasteiger partial charge on any atom is 0.264 e. The minimum absolute atomic E-state index is 0.117. The lowest BCUT2D eigenvalue weighted by Gasteiger charge is -2.22. The molecule has 0 spiro atoms. The summed E-state index contributed by atoms with van der Waals surface area (Å²) in [7, 11) is -4.07. The van der Waals surface area contributed by atoms with Crippen LogP contribution in [0.3, 0.4) is 0 Å². The highest BCUT2D eigenvalue weighted by Gasteiger charge is 2.29. The van der Waals surface area contributed by atoms with Gasteiger partial charge in [0.15, 0.2) is 0 Å². The van der Waals surface area contributed by atoms with Gasteiger partial charge in [0, 0.05) is 0 Å². The Labute approximate surface area is 138 Å². The Balaban J connectivity index is 2.50. The monoisotopic (exact) mass is 353 g/mol. The lowest BCUT2D eigenvalue weighted by molar-refractivity contribution is -0.113. The second kappa shape index (κ2) is 6.93. The first-order valence-electron chi connectivity index (χ1n) is 6.53. The van der Waals surface area contributed by atoms with E-state index in [2.05, 4.69) is 6.58 Å². The second-order valence-corrected chi connectivity index (χ2v) is 6.87. The Kier molecular flexibility index (Phi) is 5.18. The van der Waals surface area contributed by atoms with Gasteiger partial charge in [0.25, 0.3) is 5.91 Å². The van der Waals surface area contributed by atoms with Crippen molar-refractivity contribution in [3.63, 3.8) is 0 Å². The van der Waals surface area contributed by atoms with Gasteiger partial charge in [-0.25, -0.2) is 17.1 Å². The van der Waals surface area contributed by atoms with E-state index in [4.69, 9.17) is 11.6 Å². The molecule has 0 aliphatic heterocycles. The van der Waals surface area contributed by atoms with E-state index in [9.17, 15) is 17.6 Å². The molecule has 120 valence electrons. The summed E-state index contributed by atoms with van der Waals surface area (Å²) in [6.45, 7) is 3.30. The van der Waals surface area contributed by atoms with Crippen LogP contribution in [0.25, 0.3) is 0 Å². The summed E-state index contributed by atoms with van der Waals surface area (Å²) in [6.07, 6.45) is 0.863. The van der Waals surface area contributed by atoms with Crippen LogP contribution in [-0.2, 0) is 20.6 Å². The fourth-order valence-electron chi connectivity index (χ4n) is 1.98. The molecule has 0 aliphatic rings. The average Bonchev–Trinajstić information content (AvgIpc) is 2.50. The molecule has 0 radical (unpaired) electrons. The molecular weight excluding hydrogens is 341 g/mol. The predicted molar refractivity (Wildman–Crippen MR) is 88.2 cm³/mol. The molecule has 0 fully saturated rings. The van der Waals surface area contributed by atoms with E-state index in [0.29, 0.717) is 9.87 Å². The Hall–Kier alpha value is -2.18. The van der Waals surface area contributed by atoms with E-state index < -0.39 is 27.5 Å². The maximum absolute atomic E-state index is 13.2. The first-order valence-corrected chi connectivity index (χ1v) is 8.52. The number of benzene rings is 2. The Morgan fingerprint density at radius 1 is 1.22 bits per heavy atom. The number of carbonyl (C=O) groups excluding carboxylic acids is 1. The topological polar surface area (TPSA) is 54.5 Å². The number of halogens is 2. The molecule has 0 heterocycles. The number of nitrogens with zero attached hydrogens (tertiary/aromatic N) is 1. The molecule has 2 aromatic carbocycles. The molecule has 0 bridgehead atoms. The van der Waals surface area contributed by atoms with Crippen molar-refractivity contribution in [3.05, 3.63) is 77.6 Å². The molecular formula is C16H13ClFNO3S. The number of hydrogen-bond acceptors (Lipinski definition) is 3. The van der Waals surface area contributed by atoms with Gasteiger partial charge in [-0.2, -0.15) is 0 Å². The largest absolute Gasteiger partial charge is 0.268 e. The molecule has 1 amide bonds. The highest BCUT2D eigenvalue weighted by atomic mass is 35.5. The van der Waals surface area contributed by atoms with Crippen LogP contribution in [0.1, 0.15) is 5.56 Å². The Morgan fingerprint density at radius 3 is 2.43 bits per heavy atom. The van der Waals surface area contributed by atoms with Gasteiger partial charge >= 0.3 is 0 Å². The highest BCUT2D eigenvalue weighted by molar-refractivity contribution is 7.92. The summed E-state index contributed by atoms with van der Waals surface area (Å²) in [5, 5.41) is -0.183. The van der Waals surface area contributed by atoms with Gasteiger partial charge in [-0.15, -0.1) is 0 Å². The maximum atomic E-state index is 13.2. The van der Waals surface area contributed by atoms with E-state index in [0.717, 1.165) is 24.3 Å². The molecule has 0 saturated heterocycles. The van der Waals surface area contributed by atoms with Crippen LogP contribution in [0.15, 0.2) is 61.2 Å². The molecule has 2 rings (SSSR count). The third-order valence-electron chi connectivity index (χ3n) is 2.97. The number of anilines is 1. The smallest absolute Gasteiger partial charge is 0.264 e. The van der Waals surface area contributed by atoms with Gasteiger partial charge < -0.3 is 0 Å². The fourth-order valence-corrected chi connectivity index (χ4v) is 3.84. The zero-order valence-electron chi connectivity index (χ0n) is 11.9. The zero-order chi connectivity index (χ0) is 17.0. The molecule has 0 atom stereocenters. The molecule has 7 heteroatoms.